The summed E-state index contributed by atoms with van der Waals surface area (Å²) in [5.74, 6) is 1.04. The van der Waals surface area contributed by atoms with Crippen molar-refractivity contribution in [3.63, 3.8) is 0 Å². The van der Waals surface area contributed by atoms with E-state index in [4.69, 9.17) is 0 Å². The summed E-state index contributed by atoms with van der Waals surface area (Å²) in [4.78, 5) is 5.49. The molecule has 1 saturated heterocycles. The second-order valence-corrected chi connectivity index (χ2v) is 8.15. The van der Waals surface area contributed by atoms with Crippen LogP contribution in [0.3, 0.4) is 0 Å². The first kappa shape index (κ1) is 14.8. The van der Waals surface area contributed by atoms with E-state index < -0.39 is 0 Å². The van der Waals surface area contributed by atoms with E-state index in [0.29, 0.717) is 11.5 Å². The predicted molar refractivity (Wildman–Crippen MR) is 85.0 cm³/mol. The maximum atomic E-state index is 3.59. The predicted octanol–water partition coefficient (Wildman–Crippen LogP) is 2.18. The minimum Gasteiger partial charge on any atom is -0.315 e. The molecule has 1 heterocycles. The van der Waals surface area contributed by atoms with Crippen LogP contribution in [0.1, 0.15) is 46.0 Å². The number of piperazine rings is 1. The molecular formula is C17H33N3. The Morgan fingerprint density at radius 1 is 1.05 bits per heavy atom. The first-order valence-electron chi connectivity index (χ1n) is 8.71. The van der Waals surface area contributed by atoms with Crippen LogP contribution in [0.15, 0.2) is 0 Å². The topological polar surface area (TPSA) is 18.5 Å². The summed E-state index contributed by atoms with van der Waals surface area (Å²) in [6, 6.07) is 1.46. The molecule has 3 nitrogen and oxygen atoms in total. The smallest absolute Gasteiger partial charge is 0.0255 e. The highest BCUT2D eigenvalue weighted by Gasteiger charge is 2.38. The molecule has 2 aliphatic carbocycles. The standard InChI is InChI=1S/C17H33N3/c1-17(2)7-6-15(18-3)16(12-17)20-10-8-19(9-11-20)13-14-4-5-14/h14-16,18H,4-13H2,1-3H3. The SMILES string of the molecule is CNC1CCC(C)(C)CC1N1CCN(CC2CC2)CC1. The van der Waals surface area contributed by atoms with Crippen LogP contribution < -0.4 is 5.32 Å². The third-order valence-corrected chi connectivity index (χ3v) is 5.82. The third-order valence-electron chi connectivity index (χ3n) is 5.82. The van der Waals surface area contributed by atoms with Crippen LogP contribution in [-0.2, 0) is 0 Å². The molecule has 20 heavy (non-hydrogen) atoms. The van der Waals surface area contributed by atoms with Crippen LogP contribution in [0.4, 0.5) is 0 Å². The molecule has 3 fully saturated rings. The molecule has 2 saturated carbocycles. The fourth-order valence-electron chi connectivity index (χ4n) is 4.21. The number of hydrogen-bond donors (Lipinski definition) is 1. The van der Waals surface area contributed by atoms with Gasteiger partial charge in [0.1, 0.15) is 0 Å². The number of rotatable bonds is 4. The Balaban J connectivity index is 1.54. The Kier molecular flexibility index (Phi) is 4.40. The molecule has 0 amide bonds. The zero-order valence-electron chi connectivity index (χ0n) is 13.7. The summed E-state index contributed by atoms with van der Waals surface area (Å²) in [6.07, 6.45) is 7.05. The molecule has 1 aliphatic heterocycles. The van der Waals surface area contributed by atoms with Gasteiger partial charge >= 0.3 is 0 Å². The van der Waals surface area contributed by atoms with E-state index in [1.54, 1.807) is 0 Å². The molecule has 3 aliphatic rings. The van der Waals surface area contributed by atoms with Gasteiger partial charge in [-0.1, -0.05) is 13.8 Å². The van der Waals surface area contributed by atoms with Crippen LogP contribution in [-0.4, -0.2) is 61.7 Å². The van der Waals surface area contributed by atoms with Gasteiger partial charge in [0.15, 0.2) is 0 Å². The average molecular weight is 279 g/mol. The van der Waals surface area contributed by atoms with Crippen LogP contribution in [0.25, 0.3) is 0 Å². The Morgan fingerprint density at radius 2 is 1.75 bits per heavy atom. The van der Waals surface area contributed by atoms with Crippen molar-refractivity contribution >= 4 is 0 Å². The fourth-order valence-corrected chi connectivity index (χ4v) is 4.21. The fraction of sp³-hybridized carbons (Fsp3) is 1.00. The molecule has 0 spiro atoms. The maximum absolute atomic E-state index is 3.59. The van der Waals surface area contributed by atoms with Gasteiger partial charge in [-0.2, -0.15) is 0 Å². The van der Waals surface area contributed by atoms with E-state index in [1.807, 2.05) is 0 Å². The number of nitrogens with one attached hydrogen (secondary N) is 1. The van der Waals surface area contributed by atoms with Crippen molar-refractivity contribution < 1.29 is 0 Å². The molecule has 116 valence electrons. The number of nitrogens with zero attached hydrogens (tertiary/aromatic N) is 2. The van der Waals surface area contributed by atoms with E-state index in [-0.39, 0.29) is 0 Å². The van der Waals surface area contributed by atoms with Crippen LogP contribution in [0.2, 0.25) is 0 Å². The van der Waals surface area contributed by atoms with Gasteiger partial charge in [0, 0.05) is 44.8 Å². The second kappa shape index (κ2) is 5.94. The van der Waals surface area contributed by atoms with Crippen LogP contribution in [0, 0.1) is 11.3 Å². The lowest BCUT2D eigenvalue weighted by atomic mass is 9.72. The lowest BCUT2D eigenvalue weighted by molar-refractivity contribution is 0.0296. The van der Waals surface area contributed by atoms with Gasteiger partial charge in [0.2, 0.25) is 0 Å². The Hall–Kier alpha value is -0.120. The normalized spacial score (nSPS) is 36.1. The molecule has 0 radical (unpaired) electrons. The van der Waals surface area contributed by atoms with Crippen molar-refractivity contribution in [3.8, 4) is 0 Å². The quantitative estimate of drug-likeness (QED) is 0.851. The Labute approximate surface area is 125 Å². The van der Waals surface area contributed by atoms with Crippen molar-refractivity contribution in [2.75, 3.05) is 39.8 Å². The van der Waals surface area contributed by atoms with Crippen molar-refractivity contribution in [1.82, 2.24) is 15.1 Å². The third kappa shape index (κ3) is 3.55. The summed E-state index contributed by atoms with van der Waals surface area (Å²) < 4.78 is 0. The van der Waals surface area contributed by atoms with Gasteiger partial charge in [-0.25, -0.2) is 0 Å². The largest absolute Gasteiger partial charge is 0.315 e. The Morgan fingerprint density at radius 3 is 2.35 bits per heavy atom. The summed E-state index contributed by atoms with van der Waals surface area (Å²) in [5.41, 5.74) is 0.531. The lowest BCUT2D eigenvalue weighted by Gasteiger charge is -2.48. The highest BCUT2D eigenvalue weighted by atomic mass is 15.3. The Bertz CT molecular complexity index is 316. The maximum Gasteiger partial charge on any atom is 0.0255 e. The van der Waals surface area contributed by atoms with Crippen molar-refractivity contribution in [2.45, 2.75) is 58.0 Å². The molecule has 0 aromatic carbocycles. The average Bonchev–Trinajstić information content (AvgIpc) is 3.23. The summed E-state index contributed by atoms with van der Waals surface area (Å²) >= 11 is 0. The van der Waals surface area contributed by atoms with E-state index >= 15 is 0 Å². The summed E-state index contributed by atoms with van der Waals surface area (Å²) in [7, 11) is 2.15. The first-order valence-corrected chi connectivity index (χ1v) is 8.71. The molecule has 0 aromatic rings. The van der Waals surface area contributed by atoms with Gasteiger partial charge in [-0.05, 0) is 50.5 Å². The number of hydrogen-bond acceptors (Lipinski definition) is 3. The van der Waals surface area contributed by atoms with E-state index in [2.05, 4.69) is 36.0 Å². The molecule has 2 atom stereocenters. The molecule has 0 bridgehead atoms. The van der Waals surface area contributed by atoms with Crippen LogP contribution >= 0.6 is 0 Å². The molecule has 3 heteroatoms. The minimum absolute atomic E-state index is 0.531. The highest BCUT2D eigenvalue weighted by molar-refractivity contribution is 4.95. The van der Waals surface area contributed by atoms with Gasteiger partial charge in [0.05, 0.1) is 0 Å². The van der Waals surface area contributed by atoms with Crippen LogP contribution in [0.5, 0.6) is 0 Å². The van der Waals surface area contributed by atoms with E-state index in [1.165, 1.54) is 64.8 Å². The van der Waals surface area contributed by atoms with E-state index in [9.17, 15) is 0 Å². The molecular weight excluding hydrogens is 246 g/mol. The zero-order chi connectivity index (χ0) is 14.2. The van der Waals surface area contributed by atoms with Gasteiger partial charge < -0.3 is 10.2 Å². The summed E-state index contributed by atoms with van der Waals surface area (Å²) in [6.45, 7) is 11.4. The molecule has 0 aromatic heterocycles. The first-order chi connectivity index (χ1) is 9.57. The molecule has 1 N–H and O–H groups in total. The monoisotopic (exact) mass is 279 g/mol. The van der Waals surface area contributed by atoms with Gasteiger partial charge in [0.25, 0.3) is 0 Å². The van der Waals surface area contributed by atoms with Crippen molar-refractivity contribution in [1.29, 1.82) is 0 Å². The van der Waals surface area contributed by atoms with Gasteiger partial charge in [-0.3, -0.25) is 4.90 Å². The van der Waals surface area contributed by atoms with Gasteiger partial charge in [-0.15, -0.1) is 0 Å². The van der Waals surface area contributed by atoms with Crippen molar-refractivity contribution in [3.05, 3.63) is 0 Å². The highest BCUT2D eigenvalue weighted by Crippen LogP contribution is 2.38. The number of likely N-dealkylation sites (N-methyl/N-ethyl adjacent to an activating group) is 1. The second-order valence-electron chi connectivity index (χ2n) is 8.15. The van der Waals surface area contributed by atoms with E-state index in [0.717, 1.165) is 12.0 Å². The molecule has 2 unspecified atom stereocenters. The zero-order valence-corrected chi connectivity index (χ0v) is 13.7. The molecule has 3 rings (SSSR count). The summed E-state index contributed by atoms with van der Waals surface area (Å²) in [5, 5.41) is 3.59. The minimum atomic E-state index is 0.531. The van der Waals surface area contributed by atoms with Crippen molar-refractivity contribution in [2.24, 2.45) is 11.3 Å². The lowest BCUT2D eigenvalue weighted by Crippen LogP contribution is -2.59.